The topological polar surface area (TPSA) is 98.9 Å². The summed E-state index contributed by atoms with van der Waals surface area (Å²) >= 11 is 11.8. The van der Waals surface area contributed by atoms with Crippen molar-refractivity contribution in [3.05, 3.63) is 33.8 Å². The van der Waals surface area contributed by atoms with Crippen molar-refractivity contribution in [1.82, 2.24) is 0 Å². The Labute approximate surface area is 153 Å². The number of halogens is 3. The molecule has 6 nitrogen and oxygen atoms in total. The van der Waals surface area contributed by atoms with E-state index in [0.29, 0.717) is 15.6 Å². The van der Waals surface area contributed by atoms with Crippen molar-refractivity contribution < 1.29 is 28.6 Å². The SMILES string of the molecule is COC(=O)C1(F)C2CC(OCc3ccc(Cl)c(Cl)c3)C(N)(C(=O)O)C21. The lowest BCUT2D eigenvalue weighted by atomic mass is 9.88. The molecule has 2 aliphatic carbocycles. The number of carbonyl (C=O) groups is 2. The molecule has 0 radical (unpaired) electrons. The number of hydrogen-bond donors (Lipinski definition) is 2. The average Bonchev–Trinajstić information content (AvgIpc) is 3.04. The highest BCUT2D eigenvalue weighted by Gasteiger charge is 2.85. The number of carboxylic acids is 1. The van der Waals surface area contributed by atoms with Gasteiger partial charge < -0.3 is 20.3 Å². The molecule has 0 heterocycles. The molecule has 1 aromatic rings. The second-order valence-electron chi connectivity index (χ2n) is 6.37. The van der Waals surface area contributed by atoms with Gasteiger partial charge in [-0.25, -0.2) is 9.18 Å². The zero-order chi connectivity index (χ0) is 18.6. The Kier molecular flexibility index (Phi) is 4.48. The molecular formula is C16H16Cl2FNO5. The van der Waals surface area contributed by atoms with Crippen LogP contribution < -0.4 is 5.73 Å². The Morgan fingerprint density at radius 1 is 1.40 bits per heavy atom. The fraction of sp³-hybridized carbons (Fsp3) is 0.500. The number of fused-ring (bicyclic) bond motifs is 1. The van der Waals surface area contributed by atoms with Crippen LogP contribution in [-0.2, 0) is 25.7 Å². The first-order chi connectivity index (χ1) is 11.7. The van der Waals surface area contributed by atoms with E-state index >= 15 is 0 Å². The minimum Gasteiger partial charge on any atom is -0.480 e. The molecule has 2 aliphatic rings. The summed E-state index contributed by atoms with van der Waals surface area (Å²) in [4.78, 5) is 23.4. The molecule has 136 valence electrons. The predicted molar refractivity (Wildman–Crippen MR) is 87.0 cm³/mol. The van der Waals surface area contributed by atoms with Crippen LogP contribution in [0.2, 0.25) is 10.0 Å². The van der Waals surface area contributed by atoms with Crippen molar-refractivity contribution in [1.29, 1.82) is 0 Å². The molecule has 3 N–H and O–H groups in total. The molecule has 0 spiro atoms. The van der Waals surface area contributed by atoms with Gasteiger partial charge >= 0.3 is 11.9 Å². The van der Waals surface area contributed by atoms with Gasteiger partial charge in [-0.2, -0.15) is 0 Å². The molecule has 9 heteroatoms. The van der Waals surface area contributed by atoms with E-state index in [-0.39, 0.29) is 13.0 Å². The number of carboxylic acid groups (broad SMARTS) is 1. The fourth-order valence-corrected chi connectivity index (χ4v) is 4.10. The molecular weight excluding hydrogens is 376 g/mol. The van der Waals surface area contributed by atoms with Crippen LogP contribution in [0, 0.1) is 11.8 Å². The number of benzene rings is 1. The Hall–Kier alpha value is -1.41. The maximum Gasteiger partial charge on any atom is 0.344 e. The van der Waals surface area contributed by atoms with Gasteiger partial charge in [0.25, 0.3) is 0 Å². The monoisotopic (exact) mass is 391 g/mol. The lowest BCUT2D eigenvalue weighted by molar-refractivity contribution is -0.158. The highest BCUT2D eigenvalue weighted by Crippen LogP contribution is 2.67. The van der Waals surface area contributed by atoms with E-state index in [9.17, 15) is 19.1 Å². The Morgan fingerprint density at radius 3 is 2.64 bits per heavy atom. The Bertz CT molecular complexity index is 747. The fourth-order valence-electron chi connectivity index (χ4n) is 3.78. The lowest BCUT2D eigenvalue weighted by Crippen LogP contribution is -2.60. The van der Waals surface area contributed by atoms with E-state index in [2.05, 4.69) is 4.74 Å². The number of aliphatic carboxylic acids is 1. The van der Waals surface area contributed by atoms with E-state index in [1.54, 1.807) is 18.2 Å². The van der Waals surface area contributed by atoms with Gasteiger partial charge in [0.15, 0.2) is 0 Å². The summed E-state index contributed by atoms with van der Waals surface area (Å²) in [5.41, 5.74) is 2.29. The van der Waals surface area contributed by atoms with Crippen LogP contribution in [0.25, 0.3) is 0 Å². The highest BCUT2D eigenvalue weighted by atomic mass is 35.5. The van der Waals surface area contributed by atoms with Crippen molar-refractivity contribution in [3.8, 4) is 0 Å². The van der Waals surface area contributed by atoms with Gasteiger partial charge in [0, 0.05) is 11.8 Å². The van der Waals surface area contributed by atoms with Gasteiger partial charge in [0.05, 0.1) is 29.9 Å². The third kappa shape index (κ3) is 2.61. The van der Waals surface area contributed by atoms with Crippen LogP contribution in [0.1, 0.15) is 12.0 Å². The van der Waals surface area contributed by atoms with Crippen LogP contribution in [0.3, 0.4) is 0 Å². The van der Waals surface area contributed by atoms with Crippen molar-refractivity contribution in [2.24, 2.45) is 17.6 Å². The third-order valence-electron chi connectivity index (χ3n) is 5.10. The number of esters is 1. The summed E-state index contributed by atoms with van der Waals surface area (Å²) < 4.78 is 24.9. The molecule has 25 heavy (non-hydrogen) atoms. The van der Waals surface area contributed by atoms with E-state index in [1.165, 1.54) is 0 Å². The number of rotatable bonds is 5. The maximum absolute atomic E-state index is 14.8. The molecule has 5 unspecified atom stereocenters. The smallest absolute Gasteiger partial charge is 0.344 e. The zero-order valence-corrected chi connectivity index (χ0v) is 14.7. The minimum absolute atomic E-state index is 0.0143. The molecule has 0 saturated heterocycles. The van der Waals surface area contributed by atoms with Crippen LogP contribution in [0.5, 0.6) is 0 Å². The van der Waals surface area contributed by atoms with Crippen LogP contribution >= 0.6 is 23.2 Å². The molecule has 3 rings (SSSR count). The molecule has 0 bridgehead atoms. The van der Waals surface area contributed by atoms with Crippen molar-refractivity contribution >= 4 is 35.1 Å². The maximum atomic E-state index is 14.8. The molecule has 2 saturated carbocycles. The quantitative estimate of drug-likeness (QED) is 0.746. The zero-order valence-electron chi connectivity index (χ0n) is 13.2. The number of hydrogen-bond acceptors (Lipinski definition) is 5. The van der Waals surface area contributed by atoms with Gasteiger partial charge in [-0.15, -0.1) is 0 Å². The number of ether oxygens (including phenoxy) is 2. The number of methoxy groups -OCH3 is 1. The summed E-state index contributed by atoms with van der Waals surface area (Å²) in [7, 11) is 1.05. The Morgan fingerprint density at radius 2 is 2.08 bits per heavy atom. The number of alkyl halides is 1. The van der Waals surface area contributed by atoms with Crippen molar-refractivity contribution in [3.63, 3.8) is 0 Å². The van der Waals surface area contributed by atoms with Gasteiger partial charge in [-0.1, -0.05) is 29.3 Å². The first kappa shape index (κ1) is 18.4. The highest BCUT2D eigenvalue weighted by molar-refractivity contribution is 6.42. The molecule has 0 aliphatic heterocycles. The Balaban J connectivity index is 1.76. The predicted octanol–water partition coefficient (Wildman–Crippen LogP) is 2.19. The number of nitrogens with two attached hydrogens (primary N) is 1. The second kappa shape index (κ2) is 6.09. The normalized spacial score (nSPS) is 36.0. The summed E-state index contributed by atoms with van der Waals surface area (Å²) in [6.45, 7) is 0.0325. The lowest BCUT2D eigenvalue weighted by Gasteiger charge is -2.32. The standard InChI is InChI=1S/C16H16Cl2FNO5/c1-24-14(23)15(19)8-5-11(16(20,12(8)15)13(21)22)25-6-7-2-3-9(17)10(18)4-7/h2-4,8,11-12H,5-6,20H2,1H3,(H,21,22). The van der Waals surface area contributed by atoms with Crippen LogP contribution in [0.15, 0.2) is 18.2 Å². The van der Waals surface area contributed by atoms with Gasteiger partial charge in [0.2, 0.25) is 5.67 Å². The van der Waals surface area contributed by atoms with E-state index < -0.39 is 41.1 Å². The van der Waals surface area contributed by atoms with Gasteiger partial charge in [-0.3, -0.25) is 4.79 Å². The largest absolute Gasteiger partial charge is 0.480 e. The molecule has 0 aromatic heterocycles. The third-order valence-corrected chi connectivity index (χ3v) is 5.84. The van der Waals surface area contributed by atoms with E-state index in [4.69, 9.17) is 33.7 Å². The summed E-state index contributed by atoms with van der Waals surface area (Å²) in [5, 5.41) is 10.3. The van der Waals surface area contributed by atoms with Gasteiger partial charge in [-0.05, 0) is 24.1 Å². The van der Waals surface area contributed by atoms with Gasteiger partial charge in [0.1, 0.15) is 5.54 Å². The summed E-state index contributed by atoms with van der Waals surface area (Å²) in [5.74, 6) is -4.52. The van der Waals surface area contributed by atoms with Crippen LogP contribution in [-0.4, -0.2) is 41.5 Å². The first-order valence-corrected chi connectivity index (χ1v) is 8.28. The molecule has 1 aromatic carbocycles. The average molecular weight is 392 g/mol. The van der Waals surface area contributed by atoms with E-state index in [0.717, 1.165) is 7.11 Å². The number of carbonyl (C=O) groups excluding carboxylic acids is 1. The first-order valence-electron chi connectivity index (χ1n) is 7.52. The van der Waals surface area contributed by atoms with Crippen molar-refractivity contribution in [2.75, 3.05) is 7.11 Å². The molecule has 0 amide bonds. The summed E-state index contributed by atoms with van der Waals surface area (Å²) in [6.07, 6.45) is -0.927. The van der Waals surface area contributed by atoms with Crippen LogP contribution in [0.4, 0.5) is 4.39 Å². The molecule has 5 atom stereocenters. The second-order valence-corrected chi connectivity index (χ2v) is 7.18. The minimum atomic E-state index is -2.37. The van der Waals surface area contributed by atoms with Crippen molar-refractivity contribution in [2.45, 2.75) is 30.3 Å². The van der Waals surface area contributed by atoms with E-state index in [1.807, 2.05) is 0 Å². The molecule has 2 fully saturated rings. The summed E-state index contributed by atoms with van der Waals surface area (Å²) in [6, 6.07) is 4.86.